The molecule has 0 saturated carbocycles. The predicted octanol–water partition coefficient (Wildman–Crippen LogP) is -3.13. The Labute approximate surface area is 147 Å². The van der Waals surface area contributed by atoms with Crippen LogP contribution in [0.3, 0.4) is 0 Å². The monoisotopic (exact) mass is 365 g/mol. The van der Waals surface area contributed by atoms with E-state index in [1.807, 2.05) is 0 Å². The summed E-state index contributed by atoms with van der Waals surface area (Å²) in [4.78, 5) is 22.3. The van der Waals surface area contributed by atoms with Crippen molar-refractivity contribution >= 4 is 12.2 Å². The number of carbonyl (C=O) groups excluding carboxylic acids is 2. The number of nitrogens with one attached hydrogen (secondary N) is 2. The molecule has 0 aromatic carbocycles. The lowest BCUT2D eigenvalue weighted by Gasteiger charge is -2.43. The Kier molecular flexibility index (Phi) is 8.16. The van der Waals surface area contributed by atoms with Gasteiger partial charge in [-0.15, -0.1) is 0 Å². The molecule has 6 N–H and O–H groups in total. The van der Waals surface area contributed by atoms with E-state index in [1.165, 1.54) is 13.8 Å². The van der Waals surface area contributed by atoms with Crippen LogP contribution in [0.4, 0.5) is 0 Å². The fraction of sp³-hybridized carbons (Fsp3) is 0.867. The Morgan fingerprint density at radius 2 is 2.08 bits per heavy atom. The predicted molar refractivity (Wildman–Crippen MR) is 85.4 cm³/mol. The van der Waals surface area contributed by atoms with Gasteiger partial charge in [-0.2, -0.15) is 0 Å². The molecule has 0 spiro atoms. The molecular formula is C15H28N2O8. The van der Waals surface area contributed by atoms with E-state index in [0.29, 0.717) is 6.29 Å². The molecule has 0 aliphatic carbocycles. The third-order valence-corrected chi connectivity index (χ3v) is 3.84. The fourth-order valence-corrected chi connectivity index (χ4v) is 2.53. The molecule has 1 aliphatic heterocycles. The first kappa shape index (κ1) is 20.2. The van der Waals surface area contributed by atoms with E-state index in [-0.39, 0.29) is 6.54 Å². The Morgan fingerprint density at radius 1 is 1.44 bits per heavy atom. The molecule has 0 radical (unpaired) electrons. The highest BCUT2D eigenvalue weighted by atomic mass is 16.6. The smallest absolute Gasteiger partial charge is 0.217 e. The van der Waals surface area contributed by atoms with E-state index in [4.69, 9.17) is 10.9 Å². The summed E-state index contributed by atoms with van der Waals surface area (Å²) in [6, 6.07) is -2.15. The molecule has 1 heterocycles. The minimum Gasteiger partial charge on any atom is -0.394 e. The molecule has 0 aromatic heterocycles. The van der Waals surface area contributed by atoms with Crippen LogP contribution in [-0.2, 0) is 19.1 Å². The lowest BCUT2D eigenvalue weighted by Crippen LogP contribution is -2.65. The molecule has 1 saturated heterocycles. The van der Waals surface area contributed by atoms with Gasteiger partial charge >= 0.3 is 0 Å². The summed E-state index contributed by atoms with van der Waals surface area (Å²) >= 11 is 0. The largest absolute Gasteiger partial charge is 0.394 e. The van der Waals surface area contributed by atoms with Gasteiger partial charge in [0.1, 0.15) is 32.1 Å². The number of hydrogen-bond acceptors (Lipinski definition) is 9. The maximum Gasteiger partial charge on any atom is 0.217 e. The normalized spacial score (nSPS) is 34.1. The third kappa shape index (κ3) is 6.26. The van der Waals surface area contributed by atoms with Gasteiger partial charge in [0.25, 0.3) is 0 Å². The molecule has 10 nitrogen and oxygen atoms in total. The summed E-state index contributed by atoms with van der Waals surface area (Å²) in [6.45, 7) is 3.51. The molecule has 1 rings (SSSR count). The lowest BCUT2D eigenvalue weighted by molar-refractivity contribution is -0.267. The first-order valence-corrected chi connectivity index (χ1v) is 8.06. The van der Waals surface area contributed by atoms with E-state index in [0.717, 1.165) is 5.31 Å². The van der Waals surface area contributed by atoms with Crippen LogP contribution in [0.2, 0.25) is 1.41 Å². The Hall–Kier alpha value is -1.14. The fourth-order valence-electron chi connectivity index (χ4n) is 2.53. The van der Waals surface area contributed by atoms with E-state index < -0.39 is 61.4 Å². The molecule has 0 aromatic rings. The van der Waals surface area contributed by atoms with Gasteiger partial charge in [-0.3, -0.25) is 4.79 Å². The zero-order valence-electron chi connectivity index (χ0n) is 15.5. The van der Waals surface area contributed by atoms with E-state index in [2.05, 4.69) is 5.32 Å². The van der Waals surface area contributed by atoms with Crippen molar-refractivity contribution in [3.8, 4) is 0 Å². The minimum atomic E-state index is -1.51. The van der Waals surface area contributed by atoms with Crippen LogP contribution in [0.15, 0.2) is 0 Å². The topological polar surface area (TPSA) is 158 Å². The number of rotatable bonds is 9. The SMILES string of the molecule is [2H]N(CC(C)O[C@H]1[C@H](O)[C@@H](CO)O[C@H](O)[C@@H]1NC(C)=O)[C@H](C=O)[C@@H](C)O. The van der Waals surface area contributed by atoms with Crippen LogP contribution < -0.4 is 10.6 Å². The van der Waals surface area contributed by atoms with Gasteiger partial charge in [-0.05, 0) is 13.8 Å². The van der Waals surface area contributed by atoms with E-state index in [9.17, 15) is 30.0 Å². The summed E-state index contributed by atoms with van der Waals surface area (Å²) in [5, 5.41) is 42.4. The van der Waals surface area contributed by atoms with E-state index in [1.54, 1.807) is 6.92 Å². The van der Waals surface area contributed by atoms with Gasteiger partial charge in [-0.25, -0.2) is 0 Å². The second kappa shape index (κ2) is 10.1. The van der Waals surface area contributed by atoms with Crippen molar-refractivity contribution in [1.29, 1.82) is 0 Å². The van der Waals surface area contributed by atoms with Gasteiger partial charge in [0.05, 0.1) is 24.9 Å². The zero-order valence-corrected chi connectivity index (χ0v) is 14.5. The highest BCUT2D eigenvalue weighted by Gasteiger charge is 2.46. The summed E-state index contributed by atoms with van der Waals surface area (Å²) in [6.07, 6.45) is -6.42. The lowest BCUT2D eigenvalue weighted by atomic mass is 9.96. The quantitative estimate of drug-likeness (QED) is 0.232. The zero-order chi connectivity index (χ0) is 20.0. The molecule has 1 fully saturated rings. The van der Waals surface area contributed by atoms with Gasteiger partial charge < -0.3 is 45.3 Å². The van der Waals surface area contributed by atoms with Gasteiger partial charge in [0, 0.05) is 13.5 Å². The molecule has 25 heavy (non-hydrogen) atoms. The molecular weight excluding hydrogens is 336 g/mol. The van der Waals surface area contributed by atoms with E-state index >= 15 is 0 Å². The van der Waals surface area contributed by atoms with Crippen molar-refractivity contribution in [2.75, 3.05) is 13.2 Å². The molecule has 1 aliphatic rings. The Bertz CT molecular complexity index is 469. The van der Waals surface area contributed by atoms with Crippen molar-refractivity contribution in [2.45, 2.75) is 69.7 Å². The average molecular weight is 365 g/mol. The summed E-state index contributed by atoms with van der Waals surface area (Å²) in [5.74, 6) is -0.481. The van der Waals surface area contributed by atoms with Crippen molar-refractivity contribution in [1.82, 2.24) is 10.6 Å². The molecule has 8 atom stereocenters. The van der Waals surface area contributed by atoms with Crippen LogP contribution in [-0.4, -0.2) is 94.7 Å². The average Bonchev–Trinajstić information content (AvgIpc) is 2.53. The van der Waals surface area contributed by atoms with Crippen LogP contribution in [0.1, 0.15) is 20.8 Å². The number of aliphatic hydroxyl groups is 4. The summed E-state index contributed by atoms with van der Waals surface area (Å²) in [5.41, 5.74) is 0. The number of aliphatic hydroxyl groups excluding tert-OH is 4. The number of amides is 1. The van der Waals surface area contributed by atoms with Crippen LogP contribution in [0.25, 0.3) is 0 Å². The number of ether oxygens (including phenoxy) is 2. The maximum absolute atomic E-state index is 11.4. The Morgan fingerprint density at radius 3 is 2.56 bits per heavy atom. The maximum atomic E-state index is 11.4. The molecule has 146 valence electrons. The number of aldehydes is 1. The van der Waals surface area contributed by atoms with Crippen molar-refractivity contribution in [3.05, 3.63) is 0 Å². The molecule has 10 heteroatoms. The van der Waals surface area contributed by atoms with Gasteiger partial charge in [0.2, 0.25) is 5.91 Å². The second-order valence-electron chi connectivity index (χ2n) is 6.11. The van der Waals surface area contributed by atoms with Gasteiger partial charge in [-0.1, -0.05) is 0 Å². The highest BCUT2D eigenvalue weighted by Crippen LogP contribution is 2.23. The van der Waals surface area contributed by atoms with Crippen molar-refractivity contribution in [3.63, 3.8) is 0 Å². The minimum absolute atomic E-state index is 0.0922. The molecule has 1 unspecified atom stereocenters. The molecule has 0 bridgehead atoms. The van der Waals surface area contributed by atoms with Crippen LogP contribution in [0.5, 0.6) is 0 Å². The Balaban J connectivity index is 2.85. The first-order chi connectivity index (χ1) is 12.1. The van der Waals surface area contributed by atoms with Crippen molar-refractivity contribution < 1.29 is 40.9 Å². The van der Waals surface area contributed by atoms with Crippen molar-refractivity contribution in [2.24, 2.45) is 0 Å². The highest BCUT2D eigenvalue weighted by molar-refractivity contribution is 5.73. The standard InChI is InChI=1S/C15H28N2O8/c1-7(4-16-10(5-18)8(2)20)24-14-12(17-9(3)21)15(23)25-11(6-19)13(14)22/h5,7-8,10-16,19-20,22-23H,4,6H2,1-3H3,(H,17,21)/t7?,8-,10-,11-,12-,13-,14-,15+/m1/s1/i/hD. The summed E-state index contributed by atoms with van der Waals surface area (Å²) in [7, 11) is 0. The molecule has 1 amide bonds. The third-order valence-electron chi connectivity index (χ3n) is 3.84. The van der Waals surface area contributed by atoms with Gasteiger partial charge in [0.15, 0.2) is 6.29 Å². The second-order valence-corrected chi connectivity index (χ2v) is 6.11. The van der Waals surface area contributed by atoms with Crippen LogP contribution >= 0.6 is 0 Å². The number of carbonyl (C=O) groups is 2. The summed E-state index contributed by atoms with van der Waals surface area (Å²) < 4.78 is 18.6. The van der Waals surface area contributed by atoms with Crippen LogP contribution in [0, 0.1) is 0 Å². The number of hydrogen-bond donors (Lipinski definition) is 6. The first-order valence-electron chi connectivity index (χ1n) is 8.50.